The highest BCUT2D eigenvalue weighted by Gasteiger charge is 2.42. The van der Waals surface area contributed by atoms with Crippen LogP contribution in [-0.4, -0.2) is 41.6 Å². The average Bonchev–Trinajstić information content (AvgIpc) is 3.02. The molecule has 5 nitrogen and oxygen atoms in total. The average molecular weight is 295 g/mol. The second-order valence-electron chi connectivity index (χ2n) is 6.16. The van der Waals surface area contributed by atoms with Gasteiger partial charge in [0.15, 0.2) is 0 Å². The van der Waals surface area contributed by atoms with E-state index in [-0.39, 0.29) is 0 Å². The number of hydrogen-bond acceptors (Lipinski definition) is 4. The van der Waals surface area contributed by atoms with Gasteiger partial charge in [-0.3, -0.25) is 5.10 Å². The number of aromatic nitrogens is 2. The molecule has 1 saturated heterocycles. The Kier molecular flexibility index (Phi) is 4.16. The van der Waals surface area contributed by atoms with Crippen molar-refractivity contribution in [3.8, 4) is 0 Å². The number of nitrogens with zero attached hydrogens (tertiary/aromatic N) is 4. The molecule has 0 atom stereocenters. The minimum Gasteiger partial charge on any atom is -0.386 e. The monoisotopic (exact) mass is 295 g/mol. The van der Waals surface area contributed by atoms with E-state index in [2.05, 4.69) is 82.4 Å². The summed E-state index contributed by atoms with van der Waals surface area (Å²) in [6, 6.07) is 13.1. The van der Waals surface area contributed by atoms with Gasteiger partial charge in [0.1, 0.15) is 5.82 Å². The number of para-hydroxylation sites is 1. The fourth-order valence-corrected chi connectivity index (χ4v) is 3.50. The fraction of sp³-hybridized carbons (Fsp3) is 0.400. The van der Waals surface area contributed by atoms with Crippen molar-refractivity contribution < 1.29 is 0 Å². The minimum absolute atomic E-state index is 0.315. The molecule has 0 aliphatic carbocycles. The number of rotatable bonds is 3. The summed E-state index contributed by atoms with van der Waals surface area (Å²) in [7, 11) is 0. The highest BCUT2D eigenvalue weighted by atomic mass is 15.4. The van der Waals surface area contributed by atoms with E-state index in [0.717, 1.165) is 12.5 Å². The summed E-state index contributed by atoms with van der Waals surface area (Å²) in [5.41, 5.74) is 1.25. The van der Waals surface area contributed by atoms with Gasteiger partial charge < -0.3 is 14.3 Å². The van der Waals surface area contributed by atoms with Crippen molar-refractivity contribution in [2.75, 3.05) is 16.3 Å². The van der Waals surface area contributed by atoms with Crippen LogP contribution in [0.4, 0.5) is 11.5 Å². The molecule has 0 unspecified atom stereocenters. The minimum atomic E-state index is 0.315. The summed E-state index contributed by atoms with van der Waals surface area (Å²) in [5, 5.41) is 7.22. The summed E-state index contributed by atoms with van der Waals surface area (Å²) >= 11 is 0. The van der Waals surface area contributed by atoms with Crippen LogP contribution in [0.3, 0.4) is 0 Å². The second kappa shape index (κ2) is 6.08. The third-order valence-electron chi connectivity index (χ3n) is 4.55. The maximum Gasteiger partial charge on any atom is 0.332 e. The molecule has 1 aromatic carbocycles. The van der Waals surface area contributed by atoms with E-state index in [1.807, 2.05) is 12.3 Å². The first kappa shape index (κ1) is 15.0. The van der Waals surface area contributed by atoms with Crippen LogP contribution in [0.25, 0.3) is 0 Å². The van der Waals surface area contributed by atoms with Gasteiger partial charge in [0.25, 0.3) is 0 Å². The van der Waals surface area contributed by atoms with Crippen LogP contribution in [0.2, 0.25) is 13.6 Å². The lowest BCUT2D eigenvalue weighted by Gasteiger charge is -2.51. The second-order valence-corrected chi connectivity index (χ2v) is 6.16. The molecule has 0 bridgehead atoms. The van der Waals surface area contributed by atoms with Gasteiger partial charge in [-0.05, 0) is 24.2 Å². The summed E-state index contributed by atoms with van der Waals surface area (Å²) in [6.45, 7) is 10.6. The number of hydrogen-bond donors (Lipinski definition) is 1. The third kappa shape index (κ3) is 2.61. The van der Waals surface area contributed by atoms with Crippen LogP contribution in [0, 0.1) is 0 Å². The van der Waals surface area contributed by atoms with E-state index < -0.39 is 0 Å². The molecular formula is C15H23B2N5. The Morgan fingerprint density at radius 1 is 1.05 bits per heavy atom. The molecule has 2 aromatic rings. The Balaban J connectivity index is 1.97. The van der Waals surface area contributed by atoms with E-state index in [1.54, 1.807) is 0 Å². The first-order valence-electron chi connectivity index (χ1n) is 7.94. The normalized spacial score (nSPS) is 16.8. The molecule has 3 rings (SSSR count). The summed E-state index contributed by atoms with van der Waals surface area (Å²) < 4.78 is 2.53. The molecule has 114 valence electrons. The van der Waals surface area contributed by atoms with Crippen molar-refractivity contribution in [1.29, 1.82) is 0 Å². The lowest BCUT2D eigenvalue weighted by Crippen LogP contribution is -2.72. The van der Waals surface area contributed by atoms with E-state index >= 15 is 0 Å². The van der Waals surface area contributed by atoms with Gasteiger partial charge in [0.2, 0.25) is 0 Å². The van der Waals surface area contributed by atoms with Crippen LogP contribution in [-0.2, 0) is 0 Å². The molecule has 1 aliphatic rings. The summed E-state index contributed by atoms with van der Waals surface area (Å²) in [6.07, 6.45) is 1.81. The highest BCUT2D eigenvalue weighted by molar-refractivity contribution is 6.77. The Labute approximate surface area is 133 Å². The number of anilines is 2. The predicted octanol–water partition coefficient (Wildman–Crippen LogP) is 2.64. The number of aromatic amines is 1. The lowest BCUT2D eigenvalue weighted by molar-refractivity contribution is 0.507. The van der Waals surface area contributed by atoms with Crippen molar-refractivity contribution >= 4 is 25.5 Å². The third-order valence-corrected chi connectivity index (χ3v) is 4.55. The molecule has 0 saturated carbocycles. The lowest BCUT2D eigenvalue weighted by atomic mass is 9.56. The standard InChI is InChI=1S/C15H23B2N5/c1-13(2)22-16(3)20(14-8-6-5-7-9-14)12-21(17(22)4)15-10-11-18-19-15/h5-11,13H,12H2,1-4H3,(H,18,19). The number of H-pyrrole nitrogens is 1. The highest BCUT2D eigenvalue weighted by Crippen LogP contribution is 2.27. The Hall–Kier alpha value is -1.88. The maximum absolute atomic E-state index is 4.11. The quantitative estimate of drug-likeness (QED) is 0.883. The molecule has 7 heteroatoms. The van der Waals surface area contributed by atoms with Gasteiger partial charge in [-0.2, -0.15) is 5.10 Å². The van der Waals surface area contributed by atoms with Crippen molar-refractivity contribution in [1.82, 2.24) is 14.9 Å². The zero-order valence-corrected chi connectivity index (χ0v) is 13.8. The van der Waals surface area contributed by atoms with Crippen molar-refractivity contribution in [3.05, 3.63) is 42.6 Å². The molecule has 2 heterocycles. The molecule has 22 heavy (non-hydrogen) atoms. The largest absolute Gasteiger partial charge is 0.386 e. The molecule has 0 spiro atoms. The van der Waals surface area contributed by atoms with E-state index in [1.165, 1.54) is 5.69 Å². The summed E-state index contributed by atoms with van der Waals surface area (Å²) in [4.78, 5) is 4.79. The van der Waals surface area contributed by atoms with Gasteiger partial charge in [-0.1, -0.05) is 45.7 Å². The molecule has 1 aliphatic heterocycles. The number of benzene rings is 1. The molecule has 0 radical (unpaired) electrons. The molecule has 1 aromatic heterocycles. The van der Waals surface area contributed by atoms with Gasteiger partial charge >= 0.3 is 14.0 Å². The van der Waals surface area contributed by atoms with Crippen molar-refractivity contribution in [2.24, 2.45) is 0 Å². The topological polar surface area (TPSA) is 38.4 Å². The van der Waals surface area contributed by atoms with Crippen LogP contribution in [0.15, 0.2) is 42.6 Å². The maximum atomic E-state index is 4.11. The van der Waals surface area contributed by atoms with Crippen LogP contribution in [0.5, 0.6) is 0 Å². The first-order chi connectivity index (χ1) is 10.6. The van der Waals surface area contributed by atoms with Crippen LogP contribution < -0.4 is 9.62 Å². The van der Waals surface area contributed by atoms with Crippen molar-refractivity contribution in [2.45, 2.75) is 33.5 Å². The first-order valence-corrected chi connectivity index (χ1v) is 7.94. The van der Waals surface area contributed by atoms with Gasteiger partial charge in [0, 0.05) is 5.69 Å². The molecule has 1 N–H and O–H groups in total. The molecule has 0 amide bonds. The predicted molar refractivity (Wildman–Crippen MR) is 95.1 cm³/mol. The number of nitrogens with one attached hydrogen (secondary N) is 1. The summed E-state index contributed by atoms with van der Waals surface area (Å²) in [5.74, 6) is 1.06. The van der Waals surface area contributed by atoms with Crippen LogP contribution in [0.1, 0.15) is 13.8 Å². The smallest absolute Gasteiger partial charge is 0.332 e. The molecule has 1 fully saturated rings. The zero-order chi connectivity index (χ0) is 15.7. The van der Waals surface area contributed by atoms with Gasteiger partial charge in [0.05, 0.1) is 12.9 Å². The van der Waals surface area contributed by atoms with Crippen LogP contribution >= 0.6 is 0 Å². The Morgan fingerprint density at radius 2 is 1.73 bits per heavy atom. The molecular weight excluding hydrogens is 272 g/mol. The van der Waals surface area contributed by atoms with E-state index in [9.17, 15) is 0 Å². The van der Waals surface area contributed by atoms with E-state index in [4.69, 9.17) is 0 Å². The van der Waals surface area contributed by atoms with Crippen molar-refractivity contribution in [3.63, 3.8) is 0 Å². The van der Waals surface area contributed by atoms with Gasteiger partial charge in [-0.15, -0.1) is 0 Å². The SMILES string of the molecule is CB1N(c2ccccc2)CN(c2ccn[nH]2)B(C)N1C(C)C. The fourth-order valence-electron chi connectivity index (χ4n) is 3.50. The zero-order valence-electron chi connectivity index (χ0n) is 13.8. The Bertz CT molecular complexity index is 589. The Morgan fingerprint density at radius 3 is 2.32 bits per heavy atom. The van der Waals surface area contributed by atoms with E-state index in [0.29, 0.717) is 20.0 Å². The van der Waals surface area contributed by atoms with Gasteiger partial charge in [-0.25, -0.2) is 0 Å².